The van der Waals surface area contributed by atoms with Crippen LogP contribution in [-0.4, -0.2) is 59.9 Å². The van der Waals surface area contributed by atoms with Crippen molar-refractivity contribution in [2.75, 3.05) is 26.2 Å². The molecule has 1 unspecified atom stereocenters. The third-order valence-electron chi connectivity index (χ3n) is 4.94. The van der Waals surface area contributed by atoms with E-state index in [4.69, 9.17) is 0 Å². The maximum Gasteiger partial charge on any atom is 0.239 e. The van der Waals surface area contributed by atoms with Crippen LogP contribution in [0.2, 0.25) is 0 Å². The SMILES string of the molecule is O=C(C1CCCCN1)N1CCC(N2CCCC2=O)CC1. The highest BCUT2D eigenvalue weighted by molar-refractivity contribution is 5.82. The molecule has 0 radical (unpaired) electrons. The van der Waals surface area contributed by atoms with Crippen molar-refractivity contribution in [2.45, 2.75) is 57.0 Å². The molecule has 0 aliphatic carbocycles. The van der Waals surface area contributed by atoms with Crippen molar-refractivity contribution < 1.29 is 9.59 Å². The lowest BCUT2D eigenvalue weighted by molar-refractivity contribution is -0.136. The number of nitrogens with one attached hydrogen (secondary N) is 1. The summed E-state index contributed by atoms with van der Waals surface area (Å²) in [5.74, 6) is 0.583. The fourth-order valence-corrected chi connectivity index (χ4v) is 3.74. The van der Waals surface area contributed by atoms with Gasteiger partial charge in [0.2, 0.25) is 11.8 Å². The molecule has 3 rings (SSSR count). The summed E-state index contributed by atoms with van der Waals surface area (Å²) in [7, 11) is 0. The minimum absolute atomic E-state index is 0.0359. The van der Waals surface area contributed by atoms with E-state index in [1.54, 1.807) is 0 Å². The Hall–Kier alpha value is -1.10. The van der Waals surface area contributed by atoms with Gasteiger partial charge < -0.3 is 15.1 Å². The van der Waals surface area contributed by atoms with Gasteiger partial charge in [-0.15, -0.1) is 0 Å². The number of carbonyl (C=O) groups is 2. The van der Waals surface area contributed by atoms with Crippen molar-refractivity contribution >= 4 is 11.8 Å². The Kier molecular flexibility index (Phi) is 4.24. The predicted molar refractivity (Wildman–Crippen MR) is 76.2 cm³/mol. The molecule has 3 aliphatic heterocycles. The number of rotatable bonds is 2. The van der Waals surface area contributed by atoms with E-state index in [9.17, 15) is 9.59 Å². The van der Waals surface area contributed by atoms with Crippen LogP contribution in [0.4, 0.5) is 0 Å². The quantitative estimate of drug-likeness (QED) is 0.811. The van der Waals surface area contributed by atoms with E-state index in [-0.39, 0.29) is 11.9 Å². The minimum atomic E-state index is 0.0359. The molecule has 1 N–H and O–H groups in total. The molecule has 0 aromatic heterocycles. The van der Waals surface area contributed by atoms with E-state index >= 15 is 0 Å². The van der Waals surface area contributed by atoms with Crippen molar-refractivity contribution in [1.29, 1.82) is 0 Å². The fourth-order valence-electron chi connectivity index (χ4n) is 3.74. The molecule has 3 aliphatic rings. The van der Waals surface area contributed by atoms with Gasteiger partial charge in [0, 0.05) is 32.1 Å². The average molecular weight is 279 g/mol. The van der Waals surface area contributed by atoms with E-state index < -0.39 is 0 Å². The Morgan fingerprint density at radius 1 is 1.05 bits per heavy atom. The molecule has 1 atom stereocenters. The molecule has 112 valence electrons. The third kappa shape index (κ3) is 2.82. The average Bonchev–Trinajstić information content (AvgIpc) is 2.94. The van der Waals surface area contributed by atoms with Crippen LogP contribution in [0.15, 0.2) is 0 Å². The van der Waals surface area contributed by atoms with Gasteiger partial charge in [-0.2, -0.15) is 0 Å². The number of piperidine rings is 2. The van der Waals surface area contributed by atoms with Gasteiger partial charge in [0.05, 0.1) is 6.04 Å². The van der Waals surface area contributed by atoms with Crippen LogP contribution in [-0.2, 0) is 9.59 Å². The standard InChI is InChI=1S/C15H25N3O2/c19-14-5-3-9-18(14)12-6-10-17(11-7-12)15(20)13-4-1-2-8-16-13/h12-13,16H,1-11H2. The first-order valence-electron chi connectivity index (χ1n) is 8.07. The van der Waals surface area contributed by atoms with Crippen LogP contribution in [0, 0.1) is 0 Å². The normalized spacial score (nSPS) is 29.0. The monoisotopic (exact) mass is 279 g/mol. The molecule has 0 saturated carbocycles. The van der Waals surface area contributed by atoms with Crippen LogP contribution in [0.1, 0.15) is 44.9 Å². The Balaban J connectivity index is 1.50. The maximum atomic E-state index is 12.4. The summed E-state index contributed by atoms with van der Waals surface area (Å²) in [5, 5.41) is 3.33. The van der Waals surface area contributed by atoms with E-state index in [0.717, 1.165) is 58.3 Å². The van der Waals surface area contributed by atoms with Gasteiger partial charge in [-0.1, -0.05) is 6.42 Å². The molecule has 0 bridgehead atoms. The van der Waals surface area contributed by atoms with Crippen molar-refractivity contribution in [3.05, 3.63) is 0 Å². The molecule has 3 fully saturated rings. The van der Waals surface area contributed by atoms with Crippen LogP contribution < -0.4 is 5.32 Å². The summed E-state index contributed by atoms with van der Waals surface area (Å²) in [5.41, 5.74) is 0. The summed E-state index contributed by atoms with van der Waals surface area (Å²) in [6.07, 6.45) is 6.93. The molecule has 0 aromatic carbocycles. The molecule has 2 amide bonds. The second-order valence-electron chi connectivity index (χ2n) is 6.25. The third-order valence-corrected chi connectivity index (χ3v) is 4.94. The number of nitrogens with zero attached hydrogens (tertiary/aromatic N) is 2. The van der Waals surface area contributed by atoms with E-state index in [0.29, 0.717) is 18.4 Å². The molecule has 3 heterocycles. The van der Waals surface area contributed by atoms with Crippen LogP contribution >= 0.6 is 0 Å². The van der Waals surface area contributed by atoms with Crippen LogP contribution in [0.3, 0.4) is 0 Å². The summed E-state index contributed by atoms with van der Waals surface area (Å²) >= 11 is 0. The minimum Gasteiger partial charge on any atom is -0.341 e. The van der Waals surface area contributed by atoms with Crippen molar-refractivity contribution in [1.82, 2.24) is 15.1 Å². The number of amides is 2. The summed E-state index contributed by atoms with van der Waals surface area (Å²) in [4.78, 5) is 28.2. The first kappa shape index (κ1) is 13.9. The molecule has 0 spiro atoms. The van der Waals surface area contributed by atoms with Gasteiger partial charge in [-0.3, -0.25) is 9.59 Å². The number of carbonyl (C=O) groups excluding carboxylic acids is 2. The van der Waals surface area contributed by atoms with Gasteiger partial charge in [0.15, 0.2) is 0 Å². The molecule has 0 aromatic rings. The summed E-state index contributed by atoms with van der Waals surface area (Å²) in [6, 6.07) is 0.405. The Labute approximate surface area is 120 Å². The first-order valence-corrected chi connectivity index (χ1v) is 8.07. The summed E-state index contributed by atoms with van der Waals surface area (Å²) < 4.78 is 0. The number of hydrogen-bond acceptors (Lipinski definition) is 3. The largest absolute Gasteiger partial charge is 0.341 e. The Bertz CT molecular complexity index is 371. The van der Waals surface area contributed by atoms with Gasteiger partial charge in [0.1, 0.15) is 0 Å². The van der Waals surface area contributed by atoms with Crippen LogP contribution in [0.5, 0.6) is 0 Å². The van der Waals surface area contributed by atoms with Gasteiger partial charge in [-0.25, -0.2) is 0 Å². The topological polar surface area (TPSA) is 52.7 Å². The smallest absolute Gasteiger partial charge is 0.239 e. The highest BCUT2D eigenvalue weighted by Gasteiger charge is 2.33. The lowest BCUT2D eigenvalue weighted by Crippen LogP contribution is -2.53. The lowest BCUT2D eigenvalue weighted by atomic mass is 10.00. The van der Waals surface area contributed by atoms with Crippen molar-refractivity contribution in [3.8, 4) is 0 Å². The van der Waals surface area contributed by atoms with E-state index in [1.165, 1.54) is 6.42 Å². The Morgan fingerprint density at radius 3 is 2.45 bits per heavy atom. The second-order valence-corrected chi connectivity index (χ2v) is 6.25. The molecule has 20 heavy (non-hydrogen) atoms. The highest BCUT2D eigenvalue weighted by Crippen LogP contribution is 2.23. The lowest BCUT2D eigenvalue weighted by Gasteiger charge is -2.38. The Morgan fingerprint density at radius 2 is 1.85 bits per heavy atom. The van der Waals surface area contributed by atoms with Crippen molar-refractivity contribution in [2.24, 2.45) is 0 Å². The maximum absolute atomic E-state index is 12.4. The zero-order valence-electron chi connectivity index (χ0n) is 12.1. The van der Waals surface area contributed by atoms with E-state index in [1.807, 2.05) is 9.80 Å². The molecule has 3 saturated heterocycles. The highest BCUT2D eigenvalue weighted by atomic mass is 16.2. The second kappa shape index (κ2) is 6.12. The van der Waals surface area contributed by atoms with Gasteiger partial charge in [0.25, 0.3) is 0 Å². The number of hydrogen-bond donors (Lipinski definition) is 1. The number of likely N-dealkylation sites (tertiary alicyclic amines) is 2. The predicted octanol–water partition coefficient (Wildman–Crippen LogP) is 0.742. The zero-order valence-corrected chi connectivity index (χ0v) is 12.1. The van der Waals surface area contributed by atoms with E-state index in [2.05, 4.69) is 5.32 Å². The molecular formula is C15H25N3O2. The zero-order chi connectivity index (χ0) is 13.9. The fraction of sp³-hybridized carbons (Fsp3) is 0.867. The molecule has 5 heteroatoms. The first-order chi connectivity index (χ1) is 9.75. The molecule has 5 nitrogen and oxygen atoms in total. The van der Waals surface area contributed by atoms with Gasteiger partial charge in [-0.05, 0) is 38.6 Å². The summed E-state index contributed by atoms with van der Waals surface area (Å²) in [6.45, 7) is 3.51. The molecular weight excluding hydrogens is 254 g/mol. The van der Waals surface area contributed by atoms with Crippen LogP contribution in [0.25, 0.3) is 0 Å². The van der Waals surface area contributed by atoms with Gasteiger partial charge >= 0.3 is 0 Å². The van der Waals surface area contributed by atoms with Crippen molar-refractivity contribution in [3.63, 3.8) is 0 Å².